The van der Waals surface area contributed by atoms with Crippen LogP contribution < -0.4 is 5.32 Å². The van der Waals surface area contributed by atoms with E-state index in [4.69, 9.17) is 0 Å². The lowest BCUT2D eigenvalue weighted by molar-refractivity contribution is -0.115. The number of likely N-dealkylation sites (tertiary alicyclic amines) is 1. The van der Waals surface area contributed by atoms with Crippen molar-refractivity contribution in [2.24, 2.45) is 5.92 Å². The minimum Gasteiger partial charge on any atom is -0.374 e. The van der Waals surface area contributed by atoms with Crippen LogP contribution in [0.25, 0.3) is 0 Å². The molecule has 0 radical (unpaired) electrons. The van der Waals surface area contributed by atoms with Crippen molar-refractivity contribution < 1.29 is 4.79 Å². The molecule has 1 fully saturated rings. The Bertz CT molecular complexity index is 298. The number of rotatable bonds is 1. The standard InChI is InChI=1S/C11H16N2O/c1-9(2)13-7-6-10(8-13)4-5-11(14)12-3/h10H,1,6-8H2,2-3H3,(H,12,14). The molecule has 0 saturated carbocycles. The van der Waals surface area contributed by atoms with E-state index in [0.717, 1.165) is 25.2 Å². The molecule has 0 aromatic rings. The van der Waals surface area contributed by atoms with Crippen molar-refractivity contribution in [3.05, 3.63) is 12.3 Å². The van der Waals surface area contributed by atoms with Crippen LogP contribution in [0.5, 0.6) is 0 Å². The van der Waals surface area contributed by atoms with E-state index in [-0.39, 0.29) is 5.91 Å². The van der Waals surface area contributed by atoms with Crippen LogP contribution in [0.3, 0.4) is 0 Å². The third kappa shape index (κ3) is 2.81. The molecular weight excluding hydrogens is 176 g/mol. The number of nitrogens with one attached hydrogen (secondary N) is 1. The maximum atomic E-state index is 10.9. The number of nitrogens with zero attached hydrogens (tertiary/aromatic N) is 1. The van der Waals surface area contributed by atoms with E-state index in [9.17, 15) is 4.79 Å². The van der Waals surface area contributed by atoms with Crippen LogP contribution in [0.2, 0.25) is 0 Å². The predicted octanol–water partition coefficient (Wildman–Crippen LogP) is 0.591. The highest BCUT2D eigenvalue weighted by molar-refractivity contribution is 5.93. The largest absolute Gasteiger partial charge is 0.374 e. The molecular formula is C11H16N2O. The number of hydrogen-bond acceptors (Lipinski definition) is 2. The normalized spacial score (nSPS) is 19.9. The Kier molecular flexibility index (Phi) is 3.58. The minimum absolute atomic E-state index is 0.209. The maximum Gasteiger partial charge on any atom is 0.295 e. The summed E-state index contributed by atoms with van der Waals surface area (Å²) >= 11 is 0. The van der Waals surface area contributed by atoms with Crippen LogP contribution in [0.1, 0.15) is 13.3 Å². The van der Waals surface area contributed by atoms with Crippen LogP contribution in [-0.2, 0) is 4.79 Å². The number of carbonyl (C=O) groups is 1. The second-order valence-corrected chi connectivity index (χ2v) is 3.52. The summed E-state index contributed by atoms with van der Waals surface area (Å²) in [5, 5.41) is 2.48. The second kappa shape index (κ2) is 4.71. The van der Waals surface area contributed by atoms with E-state index in [1.54, 1.807) is 7.05 Å². The van der Waals surface area contributed by atoms with Gasteiger partial charge >= 0.3 is 0 Å². The van der Waals surface area contributed by atoms with Gasteiger partial charge in [0.25, 0.3) is 5.91 Å². The van der Waals surface area contributed by atoms with Crippen LogP contribution >= 0.6 is 0 Å². The molecule has 1 amide bonds. The Morgan fingerprint density at radius 3 is 2.86 bits per heavy atom. The van der Waals surface area contributed by atoms with E-state index < -0.39 is 0 Å². The zero-order valence-corrected chi connectivity index (χ0v) is 8.76. The summed E-state index contributed by atoms with van der Waals surface area (Å²) in [4.78, 5) is 13.1. The van der Waals surface area contributed by atoms with E-state index in [1.807, 2.05) is 6.92 Å². The third-order valence-corrected chi connectivity index (χ3v) is 2.34. The van der Waals surface area contributed by atoms with Gasteiger partial charge in [-0.2, -0.15) is 0 Å². The number of amides is 1. The van der Waals surface area contributed by atoms with Gasteiger partial charge in [0.05, 0.1) is 0 Å². The Labute approximate surface area is 85.2 Å². The van der Waals surface area contributed by atoms with Gasteiger partial charge in [-0.25, -0.2) is 0 Å². The smallest absolute Gasteiger partial charge is 0.295 e. The fourth-order valence-corrected chi connectivity index (χ4v) is 1.45. The quantitative estimate of drug-likeness (QED) is 0.617. The monoisotopic (exact) mass is 192 g/mol. The van der Waals surface area contributed by atoms with Gasteiger partial charge in [0.15, 0.2) is 0 Å². The highest BCUT2D eigenvalue weighted by Gasteiger charge is 2.19. The van der Waals surface area contributed by atoms with Gasteiger partial charge in [-0.1, -0.05) is 12.5 Å². The van der Waals surface area contributed by atoms with Crippen molar-refractivity contribution in [1.82, 2.24) is 10.2 Å². The zero-order chi connectivity index (χ0) is 10.6. The maximum absolute atomic E-state index is 10.9. The molecule has 0 aromatic heterocycles. The molecule has 1 heterocycles. The van der Waals surface area contributed by atoms with Crippen molar-refractivity contribution in [3.8, 4) is 11.8 Å². The molecule has 3 heteroatoms. The molecule has 76 valence electrons. The molecule has 1 N–H and O–H groups in total. The molecule has 0 spiro atoms. The lowest BCUT2D eigenvalue weighted by Crippen LogP contribution is -2.18. The summed E-state index contributed by atoms with van der Waals surface area (Å²) < 4.78 is 0. The van der Waals surface area contributed by atoms with Gasteiger partial charge in [-0.3, -0.25) is 4.79 Å². The number of carbonyl (C=O) groups excluding carboxylic acids is 1. The molecule has 1 rings (SSSR count). The molecule has 3 nitrogen and oxygen atoms in total. The van der Waals surface area contributed by atoms with E-state index in [1.165, 1.54) is 0 Å². The van der Waals surface area contributed by atoms with E-state index in [2.05, 4.69) is 28.6 Å². The summed E-state index contributed by atoms with van der Waals surface area (Å²) in [5.74, 6) is 5.65. The third-order valence-electron chi connectivity index (χ3n) is 2.34. The topological polar surface area (TPSA) is 32.3 Å². The summed E-state index contributed by atoms with van der Waals surface area (Å²) in [6.07, 6.45) is 1.02. The molecule has 1 aliphatic heterocycles. The first-order valence-corrected chi connectivity index (χ1v) is 4.77. The van der Waals surface area contributed by atoms with Gasteiger partial charge in [-0.05, 0) is 19.3 Å². The van der Waals surface area contributed by atoms with Crippen LogP contribution in [0.4, 0.5) is 0 Å². The van der Waals surface area contributed by atoms with Crippen LogP contribution in [-0.4, -0.2) is 30.9 Å². The summed E-state index contributed by atoms with van der Waals surface area (Å²) in [6, 6.07) is 0. The first-order chi connectivity index (χ1) is 6.63. The fraction of sp³-hybridized carbons (Fsp3) is 0.545. The molecule has 1 saturated heterocycles. The van der Waals surface area contributed by atoms with Crippen molar-refractivity contribution in [2.75, 3.05) is 20.1 Å². The van der Waals surface area contributed by atoms with Gasteiger partial charge in [-0.15, -0.1) is 0 Å². The van der Waals surface area contributed by atoms with Crippen LogP contribution in [0, 0.1) is 17.8 Å². The number of allylic oxidation sites excluding steroid dienone is 1. The highest BCUT2D eigenvalue weighted by atomic mass is 16.1. The van der Waals surface area contributed by atoms with E-state index in [0.29, 0.717) is 5.92 Å². The van der Waals surface area contributed by atoms with Gasteiger partial charge < -0.3 is 10.2 Å². The molecule has 1 unspecified atom stereocenters. The summed E-state index contributed by atoms with van der Waals surface area (Å²) in [5.41, 5.74) is 1.08. The Morgan fingerprint density at radius 1 is 1.64 bits per heavy atom. The number of hydrogen-bond donors (Lipinski definition) is 1. The molecule has 0 aliphatic carbocycles. The highest BCUT2D eigenvalue weighted by Crippen LogP contribution is 2.18. The molecule has 0 bridgehead atoms. The zero-order valence-electron chi connectivity index (χ0n) is 8.76. The fourth-order valence-electron chi connectivity index (χ4n) is 1.45. The molecule has 14 heavy (non-hydrogen) atoms. The average Bonchev–Trinajstić information content (AvgIpc) is 2.62. The van der Waals surface area contributed by atoms with E-state index >= 15 is 0 Å². The molecule has 1 atom stereocenters. The molecule has 1 aliphatic rings. The van der Waals surface area contributed by atoms with Gasteiger partial charge in [0, 0.05) is 31.8 Å². The minimum atomic E-state index is -0.209. The average molecular weight is 192 g/mol. The lowest BCUT2D eigenvalue weighted by Gasteiger charge is -2.16. The Morgan fingerprint density at radius 2 is 2.36 bits per heavy atom. The summed E-state index contributed by atoms with van der Waals surface area (Å²) in [7, 11) is 1.59. The lowest BCUT2D eigenvalue weighted by atomic mass is 10.1. The van der Waals surface area contributed by atoms with Gasteiger partial charge in [0.2, 0.25) is 0 Å². The van der Waals surface area contributed by atoms with Crippen molar-refractivity contribution >= 4 is 5.91 Å². The van der Waals surface area contributed by atoms with Crippen LogP contribution in [0.15, 0.2) is 12.3 Å². The van der Waals surface area contributed by atoms with Crippen molar-refractivity contribution in [3.63, 3.8) is 0 Å². The Balaban J connectivity index is 2.45. The first-order valence-electron chi connectivity index (χ1n) is 4.77. The summed E-state index contributed by atoms with van der Waals surface area (Å²) in [6.45, 7) is 7.78. The van der Waals surface area contributed by atoms with Crippen molar-refractivity contribution in [2.45, 2.75) is 13.3 Å². The van der Waals surface area contributed by atoms with Crippen molar-refractivity contribution in [1.29, 1.82) is 0 Å². The predicted molar refractivity (Wildman–Crippen MR) is 56.3 cm³/mol. The van der Waals surface area contributed by atoms with Gasteiger partial charge in [0.1, 0.15) is 0 Å². The first kappa shape index (κ1) is 10.6. The Hall–Kier alpha value is -1.43. The SMILES string of the molecule is C=C(C)N1CCC(C#CC(=O)NC)C1. The molecule has 0 aromatic carbocycles. The second-order valence-electron chi connectivity index (χ2n) is 3.52.